The van der Waals surface area contributed by atoms with Crippen molar-refractivity contribution in [3.8, 4) is 0 Å². The van der Waals surface area contributed by atoms with Gasteiger partial charge in [0.15, 0.2) is 5.16 Å². The van der Waals surface area contributed by atoms with Gasteiger partial charge in [0.05, 0.1) is 23.6 Å². The van der Waals surface area contributed by atoms with Gasteiger partial charge in [-0.05, 0) is 45.2 Å². The van der Waals surface area contributed by atoms with Crippen LogP contribution in [-0.2, 0) is 4.74 Å². The van der Waals surface area contributed by atoms with Gasteiger partial charge in [-0.25, -0.2) is 15.8 Å². The van der Waals surface area contributed by atoms with Crippen molar-refractivity contribution in [1.29, 1.82) is 0 Å². The van der Waals surface area contributed by atoms with Crippen molar-refractivity contribution in [2.75, 3.05) is 47.8 Å². The molecule has 2 heterocycles. The molecule has 1 aromatic heterocycles. The molecule has 2 aromatic rings. The van der Waals surface area contributed by atoms with Crippen LogP contribution < -0.4 is 26.4 Å². The Balaban J connectivity index is 1.84. The van der Waals surface area contributed by atoms with Gasteiger partial charge in [-0.3, -0.25) is 9.80 Å². The van der Waals surface area contributed by atoms with Crippen LogP contribution >= 0.6 is 11.8 Å². The number of hydrazine groups is 1. The van der Waals surface area contributed by atoms with Crippen LogP contribution in [0.25, 0.3) is 0 Å². The SMILES string of the molecule is CSc1ncc2c(n1)N(C)CCN(c1cccc(N(N)/C=C(\N)COC(C)(C)C)c1)C2=O. The van der Waals surface area contributed by atoms with E-state index >= 15 is 0 Å². The van der Waals surface area contributed by atoms with Gasteiger partial charge >= 0.3 is 0 Å². The number of aromatic nitrogens is 2. The number of likely N-dealkylation sites (N-methyl/N-ethyl adjacent to an activating group) is 1. The second kappa shape index (κ2) is 9.76. The van der Waals surface area contributed by atoms with E-state index in [1.165, 1.54) is 16.8 Å². The van der Waals surface area contributed by atoms with Crippen LogP contribution in [0.1, 0.15) is 31.1 Å². The molecule has 10 heteroatoms. The molecule has 9 nitrogen and oxygen atoms in total. The van der Waals surface area contributed by atoms with Crippen molar-refractivity contribution in [3.05, 3.63) is 47.9 Å². The molecule has 172 valence electrons. The predicted octanol–water partition coefficient (Wildman–Crippen LogP) is 2.59. The Bertz CT molecular complexity index is 1010. The molecule has 32 heavy (non-hydrogen) atoms. The lowest BCUT2D eigenvalue weighted by atomic mass is 10.2. The number of carbonyl (C=O) groups is 1. The number of hydrogen-bond donors (Lipinski definition) is 2. The molecule has 1 aliphatic heterocycles. The second-order valence-corrected chi connectivity index (χ2v) is 9.28. The highest BCUT2D eigenvalue weighted by atomic mass is 32.2. The minimum atomic E-state index is -0.297. The molecule has 4 N–H and O–H groups in total. The zero-order valence-corrected chi connectivity index (χ0v) is 20.0. The third kappa shape index (κ3) is 5.70. The lowest BCUT2D eigenvalue weighted by molar-refractivity contribution is 0.0106. The van der Waals surface area contributed by atoms with Crippen molar-refractivity contribution in [3.63, 3.8) is 0 Å². The maximum absolute atomic E-state index is 13.3. The quantitative estimate of drug-likeness (QED) is 0.292. The topological polar surface area (TPSA) is 114 Å². The summed E-state index contributed by atoms with van der Waals surface area (Å²) in [6, 6.07) is 7.45. The summed E-state index contributed by atoms with van der Waals surface area (Å²) >= 11 is 1.45. The average molecular weight is 458 g/mol. The van der Waals surface area contributed by atoms with Crippen LogP contribution in [-0.4, -0.2) is 54.5 Å². The number of nitrogens with zero attached hydrogens (tertiary/aromatic N) is 5. The number of hydrogen-bond acceptors (Lipinski definition) is 9. The van der Waals surface area contributed by atoms with Gasteiger partial charge in [-0.2, -0.15) is 0 Å². The van der Waals surface area contributed by atoms with Crippen LogP contribution in [0, 0.1) is 0 Å². The summed E-state index contributed by atoms with van der Waals surface area (Å²) in [4.78, 5) is 25.9. The molecule has 1 aromatic carbocycles. The van der Waals surface area contributed by atoms with E-state index in [1.54, 1.807) is 17.3 Å². The van der Waals surface area contributed by atoms with E-state index in [0.29, 0.717) is 41.0 Å². The van der Waals surface area contributed by atoms with E-state index in [1.807, 2.05) is 63.2 Å². The van der Waals surface area contributed by atoms with E-state index in [4.69, 9.17) is 16.3 Å². The molecule has 0 unspecified atom stereocenters. The van der Waals surface area contributed by atoms with E-state index in [-0.39, 0.29) is 18.1 Å². The van der Waals surface area contributed by atoms with Crippen molar-refractivity contribution >= 4 is 34.9 Å². The average Bonchev–Trinajstić information content (AvgIpc) is 2.88. The highest BCUT2D eigenvalue weighted by molar-refractivity contribution is 7.98. The summed E-state index contributed by atoms with van der Waals surface area (Å²) in [5.74, 6) is 6.71. The molecule has 0 aliphatic carbocycles. The van der Waals surface area contributed by atoms with E-state index < -0.39 is 0 Å². The molecule has 0 fully saturated rings. The lowest BCUT2D eigenvalue weighted by Crippen LogP contribution is -2.34. The van der Waals surface area contributed by atoms with Gasteiger partial charge in [-0.1, -0.05) is 17.8 Å². The van der Waals surface area contributed by atoms with Gasteiger partial charge < -0.3 is 20.3 Å². The molecule has 0 saturated heterocycles. The van der Waals surface area contributed by atoms with E-state index in [9.17, 15) is 4.79 Å². The van der Waals surface area contributed by atoms with Crippen LogP contribution in [0.5, 0.6) is 0 Å². The zero-order valence-electron chi connectivity index (χ0n) is 19.2. The van der Waals surface area contributed by atoms with E-state index in [0.717, 1.165) is 5.69 Å². The number of anilines is 3. The first-order chi connectivity index (χ1) is 15.1. The largest absolute Gasteiger partial charge is 0.399 e. The lowest BCUT2D eigenvalue weighted by Gasteiger charge is -2.24. The third-order valence-electron chi connectivity index (χ3n) is 4.84. The first kappa shape index (κ1) is 23.8. The molecule has 1 aliphatic rings. The molecule has 0 radical (unpaired) electrons. The molecular weight excluding hydrogens is 426 g/mol. The van der Waals surface area contributed by atoms with Crippen LogP contribution in [0.4, 0.5) is 17.2 Å². The number of fused-ring (bicyclic) bond motifs is 1. The van der Waals surface area contributed by atoms with E-state index in [2.05, 4.69) is 9.97 Å². The summed E-state index contributed by atoms with van der Waals surface area (Å²) in [5.41, 5.74) is 8.16. The zero-order chi connectivity index (χ0) is 23.5. The van der Waals surface area contributed by atoms with Crippen molar-refractivity contribution in [2.45, 2.75) is 31.5 Å². The minimum absolute atomic E-state index is 0.147. The van der Waals surface area contributed by atoms with Crippen molar-refractivity contribution in [1.82, 2.24) is 9.97 Å². The van der Waals surface area contributed by atoms with Gasteiger partial charge in [0.2, 0.25) is 0 Å². The Hall–Kier alpha value is -2.82. The molecule has 3 rings (SSSR count). The summed E-state index contributed by atoms with van der Waals surface area (Å²) in [7, 11) is 1.93. The highest BCUT2D eigenvalue weighted by Gasteiger charge is 2.28. The number of rotatable bonds is 6. The normalized spacial score (nSPS) is 14.9. The summed E-state index contributed by atoms with van der Waals surface area (Å²) in [6.07, 6.45) is 5.13. The van der Waals surface area contributed by atoms with Crippen molar-refractivity contribution < 1.29 is 9.53 Å². The van der Waals surface area contributed by atoms with Gasteiger partial charge in [0.25, 0.3) is 5.91 Å². The number of benzene rings is 1. The number of amides is 1. The maximum Gasteiger partial charge on any atom is 0.263 e. The van der Waals surface area contributed by atoms with Crippen LogP contribution in [0.2, 0.25) is 0 Å². The minimum Gasteiger partial charge on any atom is -0.399 e. The predicted molar refractivity (Wildman–Crippen MR) is 130 cm³/mol. The summed E-state index contributed by atoms with van der Waals surface area (Å²) < 4.78 is 5.69. The Morgan fingerprint density at radius 3 is 2.78 bits per heavy atom. The standard InChI is InChI=1S/C22H31N7O2S/c1-22(2,3)31-14-15(23)13-29(24)17-8-6-7-16(11-17)28-10-9-27(4)19-18(20(28)30)12-25-21(26-19)32-5/h6-8,11-13H,9-10,14,23-24H2,1-5H3/b15-13-. The molecule has 0 spiro atoms. The van der Waals surface area contributed by atoms with Gasteiger partial charge in [0, 0.05) is 38.2 Å². The van der Waals surface area contributed by atoms with Gasteiger partial charge in [0.1, 0.15) is 11.4 Å². The Morgan fingerprint density at radius 2 is 2.09 bits per heavy atom. The second-order valence-electron chi connectivity index (χ2n) is 8.50. The summed E-state index contributed by atoms with van der Waals surface area (Å²) in [6.45, 7) is 7.30. The molecular formula is C22H31N7O2S. The fourth-order valence-electron chi connectivity index (χ4n) is 3.16. The Labute approximate surface area is 193 Å². The molecule has 0 bridgehead atoms. The smallest absolute Gasteiger partial charge is 0.263 e. The first-order valence-corrected chi connectivity index (χ1v) is 11.5. The molecule has 0 atom stereocenters. The van der Waals surface area contributed by atoms with Gasteiger partial charge in [-0.15, -0.1) is 0 Å². The number of carbonyl (C=O) groups excluding carboxylic acids is 1. The molecule has 1 amide bonds. The van der Waals surface area contributed by atoms with Crippen LogP contribution in [0.15, 0.2) is 47.5 Å². The third-order valence-corrected chi connectivity index (χ3v) is 5.40. The van der Waals surface area contributed by atoms with Crippen LogP contribution in [0.3, 0.4) is 0 Å². The fraction of sp³-hybridized carbons (Fsp3) is 0.409. The fourth-order valence-corrected chi connectivity index (χ4v) is 3.49. The number of thioether (sulfide) groups is 1. The Kier molecular flexibility index (Phi) is 7.27. The first-order valence-electron chi connectivity index (χ1n) is 10.3. The monoisotopic (exact) mass is 457 g/mol. The highest BCUT2D eigenvalue weighted by Crippen LogP contribution is 2.28. The number of nitrogens with two attached hydrogens (primary N) is 2. The number of ether oxygens (including phenoxy) is 1. The summed E-state index contributed by atoms with van der Waals surface area (Å²) in [5, 5.41) is 2.07. The molecule has 0 saturated carbocycles. The Morgan fingerprint density at radius 1 is 1.34 bits per heavy atom. The maximum atomic E-state index is 13.3. The van der Waals surface area contributed by atoms with Crippen molar-refractivity contribution in [2.24, 2.45) is 11.6 Å².